The van der Waals surface area contributed by atoms with Crippen LogP contribution in [0.3, 0.4) is 0 Å². The maximum Gasteiger partial charge on any atom is 0.295 e. The lowest BCUT2D eigenvalue weighted by Gasteiger charge is -2.26. The summed E-state index contributed by atoms with van der Waals surface area (Å²) in [6.07, 6.45) is 3.28. The van der Waals surface area contributed by atoms with Crippen molar-refractivity contribution in [2.45, 2.75) is 32.4 Å². The molecule has 1 saturated heterocycles. The molecule has 3 aromatic rings. The standard InChI is InChI=1S/C28H28N2O5/c1-17(2)19-5-7-20(8-6-19)25-24(26(31)21-9-10-22(34-3)23(15-21)35-4)27(32)28(33)30(25)16-18-11-13-29-14-12-18/h5-15,17,25,31H,16H2,1-4H3/b26-24-. The molecule has 35 heavy (non-hydrogen) atoms. The molecular formula is C28H28N2O5. The van der Waals surface area contributed by atoms with Crippen LogP contribution in [0.1, 0.15) is 48.1 Å². The first kappa shape index (κ1) is 24.0. The van der Waals surface area contributed by atoms with E-state index in [1.807, 2.05) is 24.3 Å². The Balaban J connectivity index is 1.86. The lowest BCUT2D eigenvalue weighted by molar-refractivity contribution is -0.140. The largest absolute Gasteiger partial charge is 0.507 e. The Bertz CT molecular complexity index is 1270. The zero-order valence-corrected chi connectivity index (χ0v) is 20.2. The number of ether oxygens (including phenoxy) is 2. The zero-order valence-electron chi connectivity index (χ0n) is 20.2. The Morgan fingerprint density at radius 1 is 0.971 bits per heavy atom. The number of pyridine rings is 1. The summed E-state index contributed by atoms with van der Waals surface area (Å²) in [6.45, 7) is 4.40. The fourth-order valence-electron chi connectivity index (χ4n) is 4.28. The van der Waals surface area contributed by atoms with E-state index in [4.69, 9.17) is 9.47 Å². The van der Waals surface area contributed by atoms with Crippen molar-refractivity contribution in [2.24, 2.45) is 0 Å². The molecule has 1 N–H and O–H groups in total. The predicted molar refractivity (Wildman–Crippen MR) is 132 cm³/mol. The van der Waals surface area contributed by atoms with E-state index in [1.54, 1.807) is 42.7 Å². The highest BCUT2D eigenvalue weighted by Gasteiger charge is 2.46. The molecule has 1 unspecified atom stereocenters. The molecule has 0 radical (unpaired) electrons. The summed E-state index contributed by atoms with van der Waals surface area (Å²) in [5.74, 6) is -0.437. The van der Waals surface area contributed by atoms with Gasteiger partial charge in [0.25, 0.3) is 11.7 Å². The Labute approximate surface area is 204 Å². The van der Waals surface area contributed by atoms with Gasteiger partial charge in [0.05, 0.1) is 25.8 Å². The maximum absolute atomic E-state index is 13.3. The average molecular weight is 473 g/mol. The normalized spacial score (nSPS) is 17.2. The monoisotopic (exact) mass is 472 g/mol. The van der Waals surface area contributed by atoms with Crippen molar-refractivity contribution in [1.29, 1.82) is 0 Å². The van der Waals surface area contributed by atoms with Gasteiger partial charge in [0.1, 0.15) is 5.76 Å². The van der Waals surface area contributed by atoms with E-state index in [0.29, 0.717) is 23.0 Å². The highest BCUT2D eigenvalue weighted by molar-refractivity contribution is 6.46. The molecular weight excluding hydrogens is 444 g/mol. The van der Waals surface area contributed by atoms with Crippen LogP contribution in [-0.2, 0) is 16.1 Å². The first-order chi connectivity index (χ1) is 16.8. The average Bonchev–Trinajstić information content (AvgIpc) is 3.13. The third-order valence-corrected chi connectivity index (χ3v) is 6.22. The summed E-state index contributed by atoms with van der Waals surface area (Å²) < 4.78 is 10.6. The molecule has 1 aromatic heterocycles. The molecule has 1 fully saturated rings. The van der Waals surface area contributed by atoms with E-state index in [1.165, 1.54) is 19.1 Å². The molecule has 0 bridgehead atoms. The first-order valence-corrected chi connectivity index (χ1v) is 11.3. The molecule has 0 aliphatic carbocycles. The van der Waals surface area contributed by atoms with E-state index < -0.39 is 17.7 Å². The number of amides is 1. The second kappa shape index (κ2) is 10.0. The highest BCUT2D eigenvalue weighted by atomic mass is 16.5. The summed E-state index contributed by atoms with van der Waals surface area (Å²) in [5, 5.41) is 11.3. The van der Waals surface area contributed by atoms with Crippen molar-refractivity contribution >= 4 is 17.4 Å². The molecule has 1 atom stereocenters. The summed E-state index contributed by atoms with van der Waals surface area (Å²) in [5.41, 5.74) is 3.10. The van der Waals surface area contributed by atoms with Crippen LogP contribution in [0.15, 0.2) is 72.6 Å². The lowest BCUT2D eigenvalue weighted by Crippen LogP contribution is -2.29. The molecule has 1 aliphatic rings. The highest BCUT2D eigenvalue weighted by Crippen LogP contribution is 2.41. The van der Waals surface area contributed by atoms with E-state index in [0.717, 1.165) is 16.7 Å². The van der Waals surface area contributed by atoms with Crippen LogP contribution >= 0.6 is 0 Å². The molecule has 4 rings (SSSR count). The summed E-state index contributed by atoms with van der Waals surface area (Å²) >= 11 is 0. The number of ketones is 1. The van der Waals surface area contributed by atoms with Crippen LogP contribution < -0.4 is 9.47 Å². The molecule has 180 valence electrons. The SMILES string of the molecule is COc1ccc(/C(O)=C2/C(=O)C(=O)N(Cc3ccncc3)C2c2ccc(C(C)C)cc2)cc1OC. The van der Waals surface area contributed by atoms with Crippen LogP contribution in [0.5, 0.6) is 11.5 Å². The van der Waals surface area contributed by atoms with E-state index in [-0.39, 0.29) is 17.9 Å². The maximum atomic E-state index is 13.3. The van der Waals surface area contributed by atoms with Crippen LogP contribution in [0, 0.1) is 0 Å². The van der Waals surface area contributed by atoms with E-state index in [2.05, 4.69) is 18.8 Å². The number of aliphatic hydroxyl groups is 1. The minimum atomic E-state index is -0.752. The number of aliphatic hydroxyl groups excluding tert-OH is 1. The number of aromatic nitrogens is 1. The Morgan fingerprint density at radius 3 is 2.23 bits per heavy atom. The van der Waals surface area contributed by atoms with Gasteiger partial charge in [-0.2, -0.15) is 0 Å². The third kappa shape index (κ3) is 4.62. The van der Waals surface area contributed by atoms with Gasteiger partial charge in [-0.25, -0.2) is 0 Å². The molecule has 2 heterocycles. The van der Waals surface area contributed by atoms with Crippen molar-refractivity contribution in [3.8, 4) is 11.5 Å². The van der Waals surface area contributed by atoms with Crippen molar-refractivity contribution in [2.75, 3.05) is 14.2 Å². The zero-order chi connectivity index (χ0) is 25.1. The first-order valence-electron chi connectivity index (χ1n) is 11.3. The Morgan fingerprint density at radius 2 is 1.63 bits per heavy atom. The van der Waals surface area contributed by atoms with Crippen molar-refractivity contribution < 1.29 is 24.2 Å². The number of Topliss-reactive ketones (excluding diaryl/α,β-unsaturated/α-hetero) is 1. The molecule has 1 aliphatic heterocycles. The molecule has 7 nitrogen and oxygen atoms in total. The Kier molecular flexibility index (Phi) is 6.87. The van der Waals surface area contributed by atoms with Gasteiger partial charge in [-0.3, -0.25) is 14.6 Å². The fourth-order valence-corrected chi connectivity index (χ4v) is 4.28. The van der Waals surface area contributed by atoms with Crippen molar-refractivity contribution in [3.63, 3.8) is 0 Å². The smallest absolute Gasteiger partial charge is 0.295 e. The number of benzene rings is 2. The third-order valence-electron chi connectivity index (χ3n) is 6.22. The van der Waals surface area contributed by atoms with Crippen LogP contribution in [0.25, 0.3) is 5.76 Å². The van der Waals surface area contributed by atoms with Crippen molar-refractivity contribution in [1.82, 2.24) is 9.88 Å². The molecule has 7 heteroatoms. The number of carbonyl (C=O) groups excluding carboxylic acids is 2. The van der Waals surface area contributed by atoms with Crippen LogP contribution in [0.4, 0.5) is 0 Å². The number of carbonyl (C=O) groups is 2. The summed E-state index contributed by atoms with van der Waals surface area (Å²) in [6, 6.07) is 15.5. The van der Waals surface area contributed by atoms with Gasteiger partial charge >= 0.3 is 0 Å². The molecule has 0 saturated carbocycles. The van der Waals surface area contributed by atoms with Crippen molar-refractivity contribution in [3.05, 3.63) is 94.8 Å². The number of likely N-dealkylation sites (tertiary alicyclic amines) is 1. The van der Waals surface area contributed by atoms with Gasteiger partial charge in [-0.15, -0.1) is 0 Å². The van der Waals surface area contributed by atoms with Gasteiger partial charge in [0.15, 0.2) is 11.5 Å². The summed E-state index contributed by atoms with van der Waals surface area (Å²) in [4.78, 5) is 32.0. The molecule has 1 amide bonds. The molecule has 0 spiro atoms. The number of hydrogen-bond donors (Lipinski definition) is 1. The molecule has 2 aromatic carbocycles. The number of nitrogens with zero attached hydrogens (tertiary/aromatic N) is 2. The predicted octanol–water partition coefficient (Wildman–Crippen LogP) is 4.84. The fraction of sp³-hybridized carbons (Fsp3) is 0.250. The topological polar surface area (TPSA) is 89.0 Å². The summed E-state index contributed by atoms with van der Waals surface area (Å²) in [7, 11) is 3.01. The van der Waals surface area contributed by atoms with E-state index in [9.17, 15) is 14.7 Å². The van der Waals surface area contributed by atoms with Crippen LogP contribution in [-0.4, -0.2) is 40.9 Å². The Hall–Kier alpha value is -4.13. The second-order valence-corrected chi connectivity index (χ2v) is 8.67. The van der Waals surface area contributed by atoms with Gasteiger partial charge in [-0.05, 0) is 52.9 Å². The number of methoxy groups -OCH3 is 2. The number of hydrogen-bond acceptors (Lipinski definition) is 6. The second-order valence-electron chi connectivity index (χ2n) is 8.67. The van der Waals surface area contributed by atoms with Gasteiger partial charge in [0, 0.05) is 24.5 Å². The van der Waals surface area contributed by atoms with Crippen LogP contribution in [0.2, 0.25) is 0 Å². The van der Waals surface area contributed by atoms with Gasteiger partial charge in [-0.1, -0.05) is 38.1 Å². The minimum absolute atomic E-state index is 0.0357. The quantitative estimate of drug-likeness (QED) is 0.301. The van der Waals surface area contributed by atoms with Gasteiger partial charge in [0.2, 0.25) is 0 Å². The lowest BCUT2D eigenvalue weighted by atomic mass is 9.93. The van der Waals surface area contributed by atoms with E-state index >= 15 is 0 Å². The minimum Gasteiger partial charge on any atom is -0.507 e. The van der Waals surface area contributed by atoms with Gasteiger partial charge < -0.3 is 19.5 Å². The number of rotatable bonds is 7.